The van der Waals surface area contributed by atoms with Gasteiger partial charge in [0.25, 0.3) is 0 Å². The number of thiophene rings is 1. The number of carbonyl (C=O) groups is 1. The van der Waals surface area contributed by atoms with Gasteiger partial charge in [-0.25, -0.2) is 14.4 Å². The van der Waals surface area contributed by atoms with Crippen molar-refractivity contribution in [1.29, 1.82) is 0 Å². The number of anilines is 1. The Morgan fingerprint density at radius 2 is 2.16 bits per heavy atom. The fourth-order valence-corrected chi connectivity index (χ4v) is 5.48. The molecule has 2 aromatic heterocycles. The maximum Gasteiger partial charge on any atom is 0.225 e. The van der Waals surface area contributed by atoms with Gasteiger partial charge in [0.05, 0.1) is 28.6 Å². The summed E-state index contributed by atoms with van der Waals surface area (Å²) in [6.45, 7) is 1.84. The molecule has 5 rings (SSSR count). The summed E-state index contributed by atoms with van der Waals surface area (Å²) >= 11 is 1.50. The molecule has 6 nitrogen and oxygen atoms in total. The Morgan fingerprint density at radius 1 is 1.28 bits per heavy atom. The van der Waals surface area contributed by atoms with Gasteiger partial charge in [-0.3, -0.25) is 4.79 Å². The summed E-state index contributed by atoms with van der Waals surface area (Å²) in [7, 11) is 1.63. The van der Waals surface area contributed by atoms with E-state index in [1.54, 1.807) is 13.2 Å². The van der Waals surface area contributed by atoms with Crippen molar-refractivity contribution in [3.05, 3.63) is 60.2 Å². The van der Waals surface area contributed by atoms with Crippen LogP contribution in [0.15, 0.2) is 48.8 Å². The molecule has 1 atom stereocenters. The number of hydrogen-bond donors (Lipinski definition) is 1. The van der Waals surface area contributed by atoms with Crippen LogP contribution in [0.2, 0.25) is 0 Å². The van der Waals surface area contributed by atoms with Gasteiger partial charge in [-0.1, -0.05) is 18.2 Å². The number of amides is 1. The average Bonchev–Trinajstić information content (AvgIpc) is 3.23. The summed E-state index contributed by atoms with van der Waals surface area (Å²) in [5, 5.41) is 3.60. The van der Waals surface area contributed by atoms with Crippen molar-refractivity contribution in [2.75, 3.05) is 25.1 Å². The second-order valence-corrected chi connectivity index (χ2v) is 9.00. The number of carbonyl (C=O) groups excluding carboxylic acids is 1. The van der Waals surface area contributed by atoms with Crippen molar-refractivity contribution >= 4 is 43.4 Å². The smallest absolute Gasteiger partial charge is 0.225 e. The Balaban J connectivity index is 1.34. The van der Waals surface area contributed by atoms with Crippen LogP contribution in [0.5, 0.6) is 5.75 Å². The van der Waals surface area contributed by atoms with Crippen LogP contribution in [-0.2, 0) is 11.3 Å². The monoisotopic (exact) mass is 450 g/mol. The molecule has 1 saturated heterocycles. The second-order valence-electron chi connectivity index (χ2n) is 7.94. The van der Waals surface area contributed by atoms with Crippen LogP contribution >= 0.6 is 11.3 Å². The zero-order chi connectivity index (χ0) is 22.1. The minimum atomic E-state index is -0.271. The van der Waals surface area contributed by atoms with E-state index in [-0.39, 0.29) is 17.6 Å². The summed E-state index contributed by atoms with van der Waals surface area (Å²) in [5.74, 6) is 1.18. The first kappa shape index (κ1) is 20.6. The molecule has 0 bridgehead atoms. The van der Waals surface area contributed by atoms with Crippen molar-refractivity contribution < 1.29 is 13.9 Å². The third-order valence-electron chi connectivity index (χ3n) is 5.90. The number of halogens is 1. The van der Waals surface area contributed by atoms with E-state index in [4.69, 9.17) is 4.74 Å². The zero-order valence-electron chi connectivity index (χ0n) is 17.7. The predicted octanol–water partition coefficient (Wildman–Crippen LogP) is 4.53. The highest BCUT2D eigenvalue weighted by molar-refractivity contribution is 7.26. The quantitative estimate of drug-likeness (QED) is 0.484. The van der Waals surface area contributed by atoms with Crippen LogP contribution < -0.4 is 15.0 Å². The lowest BCUT2D eigenvalue weighted by atomic mass is 9.97. The first-order chi connectivity index (χ1) is 15.6. The predicted molar refractivity (Wildman–Crippen MR) is 125 cm³/mol. The largest absolute Gasteiger partial charge is 0.497 e. The van der Waals surface area contributed by atoms with Crippen molar-refractivity contribution in [2.45, 2.75) is 19.4 Å². The van der Waals surface area contributed by atoms with E-state index in [2.05, 4.69) is 20.2 Å². The van der Waals surface area contributed by atoms with Gasteiger partial charge in [-0.05, 0) is 42.7 Å². The van der Waals surface area contributed by atoms with Gasteiger partial charge >= 0.3 is 0 Å². The lowest BCUT2D eigenvalue weighted by Crippen LogP contribution is -2.43. The summed E-state index contributed by atoms with van der Waals surface area (Å²) in [6, 6.07) is 12.8. The fraction of sp³-hybridized carbons (Fsp3) is 0.292. The van der Waals surface area contributed by atoms with Gasteiger partial charge in [0, 0.05) is 24.3 Å². The number of aromatic nitrogens is 2. The van der Waals surface area contributed by atoms with E-state index < -0.39 is 0 Å². The Kier molecular flexibility index (Phi) is 5.61. The number of nitrogens with one attached hydrogen (secondary N) is 1. The van der Waals surface area contributed by atoms with Crippen molar-refractivity contribution in [2.24, 2.45) is 5.92 Å². The minimum Gasteiger partial charge on any atom is -0.497 e. The van der Waals surface area contributed by atoms with E-state index in [9.17, 15) is 9.18 Å². The van der Waals surface area contributed by atoms with Gasteiger partial charge in [0.1, 0.15) is 23.7 Å². The number of hydrogen-bond acceptors (Lipinski definition) is 6. The molecule has 32 heavy (non-hydrogen) atoms. The number of ether oxygens (including phenoxy) is 1. The van der Waals surface area contributed by atoms with Crippen molar-refractivity contribution in [3.63, 3.8) is 0 Å². The van der Waals surface area contributed by atoms with Crippen LogP contribution in [0, 0.1) is 11.7 Å². The number of nitrogens with zero attached hydrogens (tertiary/aromatic N) is 3. The first-order valence-corrected chi connectivity index (χ1v) is 11.4. The molecule has 164 valence electrons. The summed E-state index contributed by atoms with van der Waals surface area (Å²) in [6.07, 6.45) is 3.21. The van der Waals surface area contributed by atoms with Gasteiger partial charge in [0.15, 0.2) is 0 Å². The molecule has 2 aromatic carbocycles. The maximum atomic E-state index is 14.4. The fourth-order valence-electron chi connectivity index (χ4n) is 4.29. The van der Waals surface area contributed by atoms with E-state index >= 15 is 0 Å². The molecule has 0 saturated carbocycles. The Labute approximate surface area is 189 Å². The second kappa shape index (κ2) is 8.70. The molecule has 1 aliphatic rings. The molecule has 3 heterocycles. The van der Waals surface area contributed by atoms with Crippen molar-refractivity contribution in [1.82, 2.24) is 15.3 Å². The van der Waals surface area contributed by atoms with Crippen LogP contribution in [0.3, 0.4) is 0 Å². The number of rotatable bonds is 5. The molecule has 0 aliphatic carbocycles. The van der Waals surface area contributed by atoms with Crippen LogP contribution in [-0.4, -0.2) is 36.1 Å². The number of benzene rings is 2. The van der Waals surface area contributed by atoms with Gasteiger partial charge in [0.2, 0.25) is 5.91 Å². The van der Waals surface area contributed by atoms with Crippen LogP contribution in [0.1, 0.15) is 18.4 Å². The number of piperidine rings is 1. The highest BCUT2D eigenvalue weighted by atomic mass is 32.1. The molecular weight excluding hydrogens is 427 g/mol. The van der Waals surface area contributed by atoms with E-state index in [0.29, 0.717) is 24.0 Å². The Bertz CT molecular complexity index is 1290. The van der Waals surface area contributed by atoms with Gasteiger partial charge in [-0.2, -0.15) is 0 Å². The highest BCUT2D eigenvalue weighted by Crippen LogP contribution is 2.39. The molecule has 1 fully saturated rings. The van der Waals surface area contributed by atoms with Crippen LogP contribution in [0.25, 0.3) is 20.3 Å². The average molecular weight is 451 g/mol. The lowest BCUT2D eigenvalue weighted by molar-refractivity contribution is -0.125. The number of fused-ring (bicyclic) bond motifs is 3. The minimum absolute atomic E-state index is 0.0326. The van der Waals surface area contributed by atoms with Gasteiger partial charge in [-0.15, -0.1) is 11.3 Å². The molecular formula is C24H23FN4O2S. The Hall–Kier alpha value is -3.26. The highest BCUT2D eigenvalue weighted by Gasteiger charge is 2.28. The van der Waals surface area contributed by atoms with Crippen LogP contribution in [0.4, 0.5) is 10.2 Å². The van der Waals surface area contributed by atoms with E-state index in [0.717, 1.165) is 45.9 Å². The lowest BCUT2D eigenvalue weighted by Gasteiger charge is -2.33. The van der Waals surface area contributed by atoms with E-state index in [1.807, 2.05) is 30.3 Å². The van der Waals surface area contributed by atoms with E-state index in [1.165, 1.54) is 23.7 Å². The molecule has 0 spiro atoms. The molecule has 1 amide bonds. The SMILES string of the molecule is COc1cccc(CNC(=O)[C@@H]2CCCN(c3ncnc4c3sc3cccc(F)c34)C2)c1. The number of methoxy groups -OCH3 is 1. The molecule has 0 radical (unpaired) electrons. The molecule has 1 aliphatic heterocycles. The topological polar surface area (TPSA) is 67.3 Å². The normalized spacial score (nSPS) is 16.4. The summed E-state index contributed by atoms with van der Waals surface area (Å²) in [5.41, 5.74) is 1.63. The van der Waals surface area contributed by atoms with Gasteiger partial charge < -0.3 is 15.0 Å². The molecule has 8 heteroatoms. The standard InChI is InChI=1S/C24H23FN4O2S/c1-31-17-7-2-5-15(11-17)12-26-24(30)16-6-4-10-29(13-16)23-22-21(27-14-28-23)20-18(25)8-3-9-19(20)32-22/h2-3,5,7-9,11,14,16H,4,6,10,12-13H2,1H3,(H,26,30)/t16-/m1/s1. The third-order valence-corrected chi connectivity index (χ3v) is 7.04. The maximum absolute atomic E-state index is 14.4. The molecule has 4 aromatic rings. The molecule has 0 unspecified atom stereocenters. The molecule has 1 N–H and O–H groups in total. The first-order valence-electron chi connectivity index (χ1n) is 10.6. The third kappa shape index (κ3) is 3.86. The summed E-state index contributed by atoms with van der Waals surface area (Å²) in [4.78, 5) is 23.9. The van der Waals surface area contributed by atoms with Crippen molar-refractivity contribution in [3.8, 4) is 5.75 Å². The zero-order valence-corrected chi connectivity index (χ0v) is 18.5. The Morgan fingerprint density at radius 3 is 3.03 bits per heavy atom. The summed E-state index contributed by atoms with van der Waals surface area (Å²) < 4.78 is 21.4.